The molecule has 5 heteroatoms. The van der Waals surface area contributed by atoms with Crippen LogP contribution in [-0.2, 0) is 13.5 Å². The molecule has 18 heavy (non-hydrogen) atoms. The molecule has 0 bridgehead atoms. The Morgan fingerprint density at radius 2 is 2.11 bits per heavy atom. The molecule has 0 saturated carbocycles. The van der Waals surface area contributed by atoms with E-state index >= 15 is 0 Å². The monoisotopic (exact) mass is 258 g/mol. The van der Waals surface area contributed by atoms with Gasteiger partial charge in [-0.1, -0.05) is 41.6 Å². The molecule has 92 valence electrons. The minimum Gasteiger partial charge on any atom is -0.312 e. The van der Waals surface area contributed by atoms with Crippen molar-refractivity contribution in [1.29, 1.82) is 5.26 Å². The van der Waals surface area contributed by atoms with E-state index in [2.05, 4.69) is 47.5 Å². The lowest BCUT2D eigenvalue weighted by Crippen LogP contribution is -2.05. The maximum Gasteiger partial charge on any atom is 0.192 e. The second kappa shape index (κ2) is 5.69. The van der Waals surface area contributed by atoms with Gasteiger partial charge in [-0.3, -0.25) is 0 Å². The topological polar surface area (TPSA) is 54.5 Å². The predicted octanol–water partition coefficient (Wildman–Crippen LogP) is 2.35. The van der Waals surface area contributed by atoms with Crippen LogP contribution in [0, 0.1) is 18.3 Å². The summed E-state index contributed by atoms with van der Waals surface area (Å²) in [6.45, 7) is 2.06. The lowest BCUT2D eigenvalue weighted by molar-refractivity contribution is 0.785. The third-order valence-corrected chi connectivity index (χ3v) is 3.74. The number of nitrogens with zero attached hydrogens (tertiary/aromatic N) is 4. The molecule has 0 spiro atoms. The molecule has 0 saturated heterocycles. The molecule has 0 amide bonds. The van der Waals surface area contributed by atoms with Crippen LogP contribution in [0.4, 0.5) is 0 Å². The Hall–Kier alpha value is -1.80. The van der Waals surface area contributed by atoms with Gasteiger partial charge >= 0.3 is 0 Å². The van der Waals surface area contributed by atoms with Crippen LogP contribution in [-0.4, -0.2) is 20.0 Å². The minimum absolute atomic E-state index is 0.143. The molecule has 0 aliphatic carbocycles. The van der Waals surface area contributed by atoms with Crippen molar-refractivity contribution in [3.8, 4) is 6.07 Å². The second-order valence-corrected chi connectivity index (χ2v) is 5.32. The minimum atomic E-state index is -0.143. The largest absolute Gasteiger partial charge is 0.312 e. The molecule has 4 nitrogen and oxygen atoms in total. The van der Waals surface area contributed by atoms with Crippen molar-refractivity contribution in [3.05, 3.63) is 41.7 Å². The van der Waals surface area contributed by atoms with Gasteiger partial charge in [0.25, 0.3) is 0 Å². The molecule has 0 unspecified atom stereocenters. The van der Waals surface area contributed by atoms with Gasteiger partial charge in [0.15, 0.2) is 5.16 Å². The van der Waals surface area contributed by atoms with Gasteiger partial charge in [-0.05, 0) is 18.9 Å². The van der Waals surface area contributed by atoms with Crippen LogP contribution in [0.2, 0.25) is 0 Å². The summed E-state index contributed by atoms with van der Waals surface area (Å²) in [4.78, 5) is 0. The lowest BCUT2D eigenvalue weighted by Gasteiger charge is -2.08. The first-order chi connectivity index (χ1) is 8.69. The van der Waals surface area contributed by atoms with E-state index in [4.69, 9.17) is 0 Å². The number of rotatable bonds is 4. The fourth-order valence-corrected chi connectivity index (χ4v) is 2.45. The number of hydrogen-bond acceptors (Lipinski definition) is 4. The number of aromatic nitrogens is 3. The number of thioether (sulfide) groups is 1. The van der Waals surface area contributed by atoms with E-state index in [0.717, 1.165) is 5.16 Å². The van der Waals surface area contributed by atoms with E-state index < -0.39 is 0 Å². The van der Waals surface area contributed by atoms with Crippen molar-refractivity contribution in [2.45, 2.75) is 23.8 Å². The van der Waals surface area contributed by atoms with Gasteiger partial charge in [-0.25, -0.2) is 0 Å². The molecule has 1 atom stereocenters. The molecule has 1 heterocycles. The third kappa shape index (κ3) is 3.11. The highest BCUT2D eigenvalue weighted by molar-refractivity contribution is 8.00. The third-order valence-electron chi connectivity index (χ3n) is 2.60. The van der Waals surface area contributed by atoms with Gasteiger partial charge in [0.2, 0.25) is 0 Å². The highest BCUT2D eigenvalue weighted by Gasteiger charge is 2.13. The van der Waals surface area contributed by atoms with Crippen LogP contribution in [0.3, 0.4) is 0 Å². The van der Waals surface area contributed by atoms with Crippen molar-refractivity contribution in [3.63, 3.8) is 0 Å². The van der Waals surface area contributed by atoms with E-state index in [9.17, 15) is 5.26 Å². The van der Waals surface area contributed by atoms with E-state index in [1.165, 1.54) is 22.9 Å². The van der Waals surface area contributed by atoms with Gasteiger partial charge in [0, 0.05) is 7.05 Å². The van der Waals surface area contributed by atoms with Crippen molar-refractivity contribution in [2.75, 3.05) is 0 Å². The summed E-state index contributed by atoms with van der Waals surface area (Å²) >= 11 is 1.45. The van der Waals surface area contributed by atoms with E-state index in [1.54, 1.807) is 6.33 Å². The molecule has 0 aliphatic heterocycles. The number of nitriles is 1. The van der Waals surface area contributed by atoms with Crippen molar-refractivity contribution < 1.29 is 0 Å². The molecule has 1 aromatic heterocycles. The first kappa shape index (κ1) is 12.7. The standard InChI is InChI=1S/C13H14N4S/c1-10-3-5-11(6-4-10)7-12(8-14)18-13-16-15-9-17(13)2/h3-6,9,12H,7H2,1-2H3/t12-/m1/s1. The Morgan fingerprint density at radius 1 is 1.39 bits per heavy atom. The van der Waals surface area contributed by atoms with Gasteiger partial charge in [-0.2, -0.15) is 5.26 Å². The summed E-state index contributed by atoms with van der Waals surface area (Å²) in [6, 6.07) is 10.6. The first-order valence-corrected chi connectivity index (χ1v) is 6.53. The summed E-state index contributed by atoms with van der Waals surface area (Å²) in [5, 5.41) is 17.6. The van der Waals surface area contributed by atoms with E-state index in [-0.39, 0.29) is 5.25 Å². The van der Waals surface area contributed by atoms with Gasteiger partial charge < -0.3 is 4.57 Å². The molecule has 0 N–H and O–H groups in total. The van der Waals surface area contributed by atoms with Crippen LogP contribution < -0.4 is 0 Å². The molecule has 0 fully saturated rings. The van der Waals surface area contributed by atoms with Crippen molar-refractivity contribution in [2.24, 2.45) is 7.05 Å². The van der Waals surface area contributed by atoms with Crippen LogP contribution in [0.5, 0.6) is 0 Å². The Kier molecular flexibility index (Phi) is 4.00. The smallest absolute Gasteiger partial charge is 0.192 e. The molecule has 2 rings (SSSR count). The van der Waals surface area contributed by atoms with Crippen molar-refractivity contribution in [1.82, 2.24) is 14.8 Å². The van der Waals surface area contributed by atoms with E-state index in [1.807, 2.05) is 11.6 Å². The van der Waals surface area contributed by atoms with Gasteiger partial charge in [0.05, 0.1) is 6.07 Å². The lowest BCUT2D eigenvalue weighted by atomic mass is 10.1. The molecular weight excluding hydrogens is 244 g/mol. The van der Waals surface area contributed by atoms with Crippen LogP contribution >= 0.6 is 11.8 Å². The average Bonchev–Trinajstić information content (AvgIpc) is 2.77. The SMILES string of the molecule is Cc1ccc(C[C@H](C#N)Sc2nncn2C)cc1. The Bertz CT molecular complexity index is 553. The molecule has 0 aliphatic rings. The zero-order valence-corrected chi connectivity index (χ0v) is 11.2. The van der Waals surface area contributed by atoms with E-state index in [0.29, 0.717) is 6.42 Å². The quantitative estimate of drug-likeness (QED) is 0.790. The fourth-order valence-electron chi connectivity index (χ4n) is 1.56. The second-order valence-electron chi connectivity index (χ2n) is 4.15. The number of hydrogen-bond donors (Lipinski definition) is 0. The van der Waals surface area contributed by atoms with Crippen LogP contribution in [0.25, 0.3) is 0 Å². The summed E-state index contributed by atoms with van der Waals surface area (Å²) in [5.41, 5.74) is 2.40. The number of benzene rings is 1. The highest BCUT2D eigenvalue weighted by Crippen LogP contribution is 2.23. The normalized spacial score (nSPS) is 12.1. The molecular formula is C13H14N4S. The average molecular weight is 258 g/mol. The predicted molar refractivity (Wildman–Crippen MR) is 71.1 cm³/mol. The molecule has 2 aromatic rings. The zero-order chi connectivity index (χ0) is 13.0. The Morgan fingerprint density at radius 3 is 2.67 bits per heavy atom. The Balaban J connectivity index is 2.04. The van der Waals surface area contributed by atoms with Gasteiger partial charge in [0.1, 0.15) is 11.6 Å². The fraction of sp³-hybridized carbons (Fsp3) is 0.308. The number of aryl methyl sites for hydroxylation is 2. The van der Waals surface area contributed by atoms with Gasteiger partial charge in [-0.15, -0.1) is 10.2 Å². The van der Waals surface area contributed by atoms with Crippen LogP contribution in [0.15, 0.2) is 35.7 Å². The van der Waals surface area contributed by atoms with Crippen LogP contribution in [0.1, 0.15) is 11.1 Å². The molecule has 1 aromatic carbocycles. The summed E-state index contributed by atoms with van der Waals surface area (Å²) in [7, 11) is 1.88. The summed E-state index contributed by atoms with van der Waals surface area (Å²) in [6.07, 6.45) is 2.36. The maximum absolute atomic E-state index is 9.20. The highest BCUT2D eigenvalue weighted by atomic mass is 32.2. The van der Waals surface area contributed by atoms with Crippen molar-refractivity contribution >= 4 is 11.8 Å². The Labute approximate surface area is 111 Å². The first-order valence-electron chi connectivity index (χ1n) is 5.65. The zero-order valence-electron chi connectivity index (χ0n) is 10.4. The summed E-state index contributed by atoms with van der Waals surface area (Å²) < 4.78 is 1.82. The summed E-state index contributed by atoms with van der Waals surface area (Å²) in [5.74, 6) is 0. The maximum atomic E-state index is 9.20. The molecule has 0 radical (unpaired) electrons.